The van der Waals surface area contributed by atoms with E-state index in [0.29, 0.717) is 35.3 Å². The predicted octanol–water partition coefficient (Wildman–Crippen LogP) is 3.40. The maximum absolute atomic E-state index is 13.4. The number of alkyl halides is 3. The normalized spacial score (nSPS) is 18.9. The molecule has 3 heterocycles. The number of carbonyl (C=O) groups excluding carboxylic acids is 1. The van der Waals surface area contributed by atoms with Gasteiger partial charge in [0.1, 0.15) is 0 Å². The highest BCUT2D eigenvalue weighted by molar-refractivity contribution is 5.95. The monoisotopic (exact) mass is 376 g/mol. The molecular weight excluding hydrogens is 357 g/mol. The van der Waals surface area contributed by atoms with Gasteiger partial charge in [-0.1, -0.05) is 0 Å². The second kappa shape index (κ2) is 6.21. The molecule has 4 rings (SSSR count). The number of benzene rings is 1. The summed E-state index contributed by atoms with van der Waals surface area (Å²) in [5.41, 5.74) is 3.30. The zero-order valence-electron chi connectivity index (χ0n) is 15.0. The van der Waals surface area contributed by atoms with Gasteiger partial charge in [-0.15, -0.1) is 0 Å². The maximum Gasteiger partial charge on any atom is 0.416 e. The number of halogens is 3. The van der Waals surface area contributed by atoms with Gasteiger partial charge >= 0.3 is 6.18 Å². The van der Waals surface area contributed by atoms with Crippen molar-refractivity contribution in [3.05, 3.63) is 40.2 Å². The minimum Gasteiger partial charge on any atom is -0.351 e. The molecule has 1 aromatic heterocycles. The van der Waals surface area contributed by atoms with Gasteiger partial charge in [0, 0.05) is 35.5 Å². The molecule has 1 N–H and O–H groups in total. The van der Waals surface area contributed by atoms with E-state index in [1.54, 1.807) is 17.8 Å². The number of aliphatic imine (C=N–C) groups is 1. The summed E-state index contributed by atoms with van der Waals surface area (Å²) in [6, 6.07) is 2.36. The summed E-state index contributed by atoms with van der Waals surface area (Å²) in [5, 5.41) is 7.43. The highest BCUT2D eigenvalue weighted by Crippen LogP contribution is 2.39. The van der Waals surface area contributed by atoms with Crippen LogP contribution in [0, 0.1) is 13.8 Å². The number of nitrogens with zero attached hydrogens (tertiary/aromatic N) is 3. The van der Waals surface area contributed by atoms with Gasteiger partial charge in [-0.3, -0.25) is 14.5 Å². The average Bonchev–Trinajstić information content (AvgIpc) is 3.27. The topological polar surface area (TPSA) is 59.3 Å². The number of carbonyl (C=O) groups is 1. The number of amides is 1. The second-order valence-corrected chi connectivity index (χ2v) is 7.10. The largest absolute Gasteiger partial charge is 0.416 e. The van der Waals surface area contributed by atoms with E-state index in [1.165, 1.54) is 12.1 Å². The SMILES string of the molecule is Cc1nn(C[C@@H]2CCC(=O)N2)c(C)c1-c1cc(C(F)(F)F)cc2c1C=NC2. The van der Waals surface area contributed by atoms with Crippen molar-refractivity contribution in [3.63, 3.8) is 0 Å². The highest BCUT2D eigenvalue weighted by atomic mass is 19.4. The molecule has 1 amide bonds. The minimum atomic E-state index is -4.42. The summed E-state index contributed by atoms with van der Waals surface area (Å²) in [5.74, 6) is 0.0219. The van der Waals surface area contributed by atoms with E-state index in [-0.39, 0.29) is 18.5 Å². The molecule has 5 nitrogen and oxygen atoms in total. The van der Waals surface area contributed by atoms with E-state index in [0.717, 1.165) is 17.7 Å². The summed E-state index contributed by atoms with van der Waals surface area (Å²) in [7, 11) is 0. The Morgan fingerprint density at radius 3 is 2.74 bits per heavy atom. The minimum absolute atomic E-state index is 0.00265. The number of hydrogen-bond acceptors (Lipinski definition) is 3. The van der Waals surface area contributed by atoms with Gasteiger partial charge in [0.25, 0.3) is 0 Å². The van der Waals surface area contributed by atoms with Crippen LogP contribution < -0.4 is 5.32 Å². The van der Waals surface area contributed by atoms with Gasteiger partial charge in [0.2, 0.25) is 5.91 Å². The number of nitrogens with one attached hydrogen (secondary N) is 1. The van der Waals surface area contributed by atoms with Crippen molar-refractivity contribution in [1.82, 2.24) is 15.1 Å². The van der Waals surface area contributed by atoms with Gasteiger partial charge in [-0.25, -0.2) is 0 Å². The van der Waals surface area contributed by atoms with Gasteiger partial charge in [0.15, 0.2) is 0 Å². The van der Waals surface area contributed by atoms with E-state index in [4.69, 9.17) is 0 Å². The van der Waals surface area contributed by atoms with Gasteiger partial charge in [-0.2, -0.15) is 18.3 Å². The summed E-state index contributed by atoms with van der Waals surface area (Å²) in [6.07, 6.45) is -1.55. The van der Waals surface area contributed by atoms with Crippen LogP contribution in [-0.4, -0.2) is 27.9 Å². The Labute approximate surface area is 154 Å². The van der Waals surface area contributed by atoms with Gasteiger partial charge < -0.3 is 5.32 Å². The van der Waals surface area contributed by atoms with Crippen molar-refractivity contribution in [1.29, 1.82) is 0 Å². The first-order chi connectivity index (χ1) is 12.7. The van der Waals surface area contributed by atoms with Crippen LogP contribution in [-0.2, 0) is 24.1 Å². The van der Waals surface area contributed by atoms with E-state index in [9.17, 15) is 18.0 Å². The molecule has 2 aromatic rings. The van der Waals surface area contributed by atoms with Crippen molar-refractivity contribution in [2.45, 2.75) is 52.0 Å². The van der Waals surface area contributed by atoms with Crippen LogP contribution in [0.25, 0.3) is 11.1 Å². The predicted molar refractivity (Wildman–Crippen MR) is 94.6 cm³/mol. The Morgan fingerprint density at radius 2 is 2.07 bits per heavy atom. The fourth-order valence-electron chi connectivity index (χ4n) is 3.89. The first-order valence-corrected chi connectivity index (χ1v) is 8.81. The Morgan fingerprint density at radius 1 is 1.30 bits per heavy atom. The quantitative estimate of drug-likeness (QED) is 0.893. The van der Waals surface area contributed by atoms with Crippen LogP contribution in [0.15, 0.2) is 17.1 Å². The van der Waals surface area contributed by atoms with Crippen molar-refractivity contribution in [3.8, 4) is 11.1 Å². The lowest BCUT2D eigenvalue weighted by molar-refractivity contribution is -0.137. The standard InChI is InChI=1S/C19H19F3N4O/c1-10-18(11(2)26(25-10)9-14-3-4-17(27)24-14)15-6-13(19(20,21)22)5-12-7-23-8-16(12)15/h5-6,8,14H,3-4,7,9H2,1-2H3,(H,24,27)/t14-/m0/s1. The lowest BCUT2D eigenvalue weighted by Gasteiger charge is -2.15. The third kappa shape index (κ3) is 3.13. The van der Waals surface area contributed by atoms with E-state index >= 15 is 0 Å². The second-order valence-electron chi connectivity index (χ2n) is 7.10. The molecule has 2 aliphatic rings. The molecule has 1 saturated heterocycles. The third-order valence-corrected chi connectivity index (χ3v) is 5.20. The molecule has 1 atom stereocenters. The van der Waals surface area contributed by atoms with Crippen molar-refractivity contribution >= 4 is 12.1 Å². The molecule has 1 fully saturated rings. The molecule has 0 aliphatic carbocycles. The number of rotatable bonds is 3. The van der Waals surface area contributed by atoms with Crippen LogP contribution in [0.5, 0.6) is 0 Å². The van der Waals surface area contributed by atoms with Crippen molar-refractivity contribution < 1.29 is 18.0 Å². The number of fused-ring (bicyclic) bond motifs is 1. The number of aromatic nitrogens is 2. The molecule has 0 spiro atoms. The first kappa shape index (κ1) is 17.8. The smallest absolute Gasteiger partial charge is 0.351 e. The van der Waals surface area contributed by atoms with Crippen LogP contribution in [0.1, 0.15) is 40.9 Å². The molecule has 142 valence electrons. The molecule has 27 heavy (non-hydrogen) atoms. The first-order valence-electron chi connectivity index (χ1n) is 8.81. The van der Waals surface area contributed by atoms with Crippen LogP contribution in [0.2, 0.25) is 0 Å². The summed E-state index contributed by atoms with van der Waals surface area (Å²) >= 11 is 0. The van der Waals surface area contributed by atoms with E-state index in [2.05, 4.69) is 15.4 Å². The van der Waals surface area contributed by atoms with Crippen molar-refractivity contribution in [2.24, 2.45) is 4.99 Å². The summed E-state index contributed by atoms with van der Waals surface area (Å²) < 4.78 is 41.9. The molecular formula is C19H19F3N4O. The van der Waals surface area contributed by atoms with Gasteiger partial charge in [0.05, 0.1) is 24.3 Å². The number of aryl methyl sites for hydroxylation is 1. The zero-order chi connectivity index (χ0) is 19.3. The Hall–Kier alpha value is -2.64. The van der Waals surface area contributed by atoms with E-state index < -0.39 is 11.7 Å². The Kier molecular flexibility index (Phi) is 4.09. The number of hydrogen-bond donors (Lipinski definition) is 1. The fraction of sp³-hybridized carbons (Fsp3) is 0.421. The third-order valence-electron chi connectivity index (χ3n) is 5.20. The molecule has 8 heteroatoms. The molecule has 0 bridgehead atoms. The molecule has 2 aliphatic heterocycles. The zero-order valence-corrected chi connectivity index (χ0v) is 15.0. The fourth-order valence-corrected chi connectivity index (χ4v) is 3.89. The average molecular weight is 376 g/mol. The van der Waals surface area contributed by atoms with Crippen LogP contribution in [0.4, 0.5) is 13.2 Å². The summed E-state index contributed by atoms with van der Waals surface area (Å²) in [6.45, 7) is 4.41. The molecule has 1 aromatic carbocycles. The lowest BCUT2D eigenvalue weighted by atomic mass is 9.93. The lowest BCUT2D eigenvalue weighted by Crippen LogP contribution is -2.30. The Balaban J connectivity index is 1.79. The molecule has 0 unspecified atom stereocenters. The van der Waals surface area contributed by atoms with Crippen molar-refractivity contribution in [2.75, 3.05) is 0 Å². The maximum atomic E-state index is 13.4. The van der Waals surface area contributed by atoms with E-state index in [1.807, 2.05) is 6.92 Å². The molecule has 0 saturated carbocycles. The molecule has 0 radical (unpaired) electrons. The highest BCUT2D eigenvalue weighted by Gasteiger charge is 2.33. The van der Waals surface area contributed by atoms with Crippen LogP contribution in [0.3, 0.4) is 0 Å². The summed E-state index contributed by atoms with van der Waals surface area (Å²) in [4.78, 5) is 15.6. The Bertz CT molecular complexity index is 959. The van der Waals surface area contributed by atoms with Crippen LogP contribution >= 0.6 is 0 Å². The van der Waals surface area contributed by atoms with Gasteiger partial charge in [-0.05, 0) is 43.5 Å².